The Balaban J connectivity index is 0.00000169. The van der Waals surface area contributed by atoms with Gasteiger partial charge in [0.25, 0.3) is 0 Å². The topological polar surface area (TPSA) is 84.2 Å². The summed E-state index contributed by atoms with van der Waals surface area (Å²) in [6.07, 6.45) is 0. The average Bonchev–Trinajstić information content (AvgIpc) is 2.16. The Morgan fingerprint density at radius 2 is 2.21 bits per heavy atom. The Kier molecular flexibility index (Phi) is 5.43. The molecule has 0 aliphatic carbocycles. The van der Waals surface area contributed by atoms with E-state index < -0.39 is 12.6 Å². The van der Waals surface area contributed by atoms with Gasteiger partial charge in [-0.05, 0) is 17.7 Å². The van der Waals surface area contributed by atoms with E-state index in [-0.39, 0.29) is 40.7 Å². The smallest absolute Gasteiger partial charge is 0.545 e. The first-order chi connectivity index (χ1) is 6.19. The summed E-state index contributed by atoms with van der Waals surface area (Å²) < 4.78 is 0. The van der Waals surface area contributed by atoms with E-state index in [4.69, 9.17) is 10.4 Å². The Morgan fingerprint density at radius 1 is 1.57 bits per heavy atom. The standard InChI is InChI=1S/C9H7NO3.Na/c10-4-6-1-2-8(9(12)13)7(3-6)5-11;/h1-3,11H,5H2,(H,12,13);/q;+1/p-1. The largest absolute Gasteiger partial charge is 1.00 e. The van der Waals surface area contributed by atoms with Crippen LogP contribution in [0, 0.1) is 11.3 Å². The average molecular weight is 199 g/mol. The molecule has 0 unspecified atom stereocenters. The molecule has 5 heteroatoms. The Labute approximate surface area is 103 Å². The van der Waals surface area contributed by atoms with Crippen LogP contribution in [0.15, 0.2) is 18.2 Å². The summed E-state index contributed by atoms with van der Waals surface area (Å²) in [6, 6.07) is 5.78. The number of rotatable bonds is 2. The maximum Gasteiger partial charge on any atom is 1.00 e. The number of hydrogen-bond acceptors (Lipinski definition) is 4. The van der Waals surface area contributed by atoms with Crippen molar-refractivity contribution in [1.82, 2.24) is 0 Å². The number of carbonyl (C=O) groups is 1. The van der Waals surface area contributed by atoms with Crippen LogP contribution in [0.1, 0.15) is 21.5 Å². The first-order valence-corrected chi connectivity index (χ1v) is 3.54. The monoisotopic (exact) mass is 199 g/mol. The number of carbonyl (C=O) groups excluding carboxylic acids is 1. The second kappa shape index (κ2) is 5.78. The second-order valence-electron chi connectivity index (χ2n) is 2.43. The molecule has 0 aromatic heterocycles. The molecule has 1 rings (SSSR count). The van der Waals surface area contributed by atoms with Gasteiger partial charge in [-0.2, -0.15) is 5.26 Å². The molecule has 0 amide bonds. The number of nitriles is 1. The van der Waals surface area contributed by atoms with Crippen LogP contribution in [0.2, 0.25) is 0 Å². The first-order valence-electron chi connectivity index (χ1n) is 3.54. The zero-order valence-electron chi connectivity index (χ0n) is 7.65. The molecule has 0 saturated carbocycles. The molecule has 0 heterocycles. The molecular formula is C9H6NNaO3. The molecular weight excluding hydrogens is 193 g/mol. The van der Waals surface area contributed by atoms with Crippen LogP contribution < -0.4 is 34.7 Å². The Hall–Kier alpha value is -0.860. The van der Waals surface area contributed by atoms with Crippen molar-refractivity contribution >= 4 is 5.97 Å². The number of benzene rings is 1. The second-order valence-corrected chi connectivity index (χ2v) is 2.43. The summed E-state index contributed by atoms with van der Waals surface area (Å²) in [5, 5.41) is 27.8. The number of hydrogen-bond donors (Lipinski definition) is 1. The molecule has 0 aliphatic heterocycles. The third kappa shape index (κ3) is 2.82. The van der Waals surface area contributed by atoms with Crippen LogP contribution in [0.5, 0.6) is 0 Å². The van der Waals surface area contributed by atoms with Gasteiger partial charge in [0.2, 0.25) is 0 Å². The molecule has 66 valence electrons. The van der Waals surface area contributed by atoms with Gasteiger partial charge in [0.05, 0.1) is 24.2 Å². The SMILES string of the molecule is N#Cc1ccc(C(=O)[O-])c(CO)c1.[Na+]. The normalized spacial score (nSPS) is 8.57. The van der Waals surface area contributed by atoms with E-state index in [0.29, 0.717) is 5.56 Å². The van der Waals surface area contributed by atoms with Gasteiger partial charge in [0.15, 0.2) is 0 Å². The van der Waals surface area contributed by atoms with Crippen molar-refractivity contribution in [3.05, 3.63) is 34.9 Å². The van der Waals surface area contributed by atoms with Gasteiger partial charge in [-0.3, -0.25) is 0 Å². The molecule has 0 aliphatic rings. The molecule has 0 atom stereocenters. The summed E-state index contributed by atoms with van der Waals surface area (Å²) in [6.45, 7) is -0.418. The van der Waals surface area contributed by atoms with Crippen molar-refractivity contribution < 1.29 is 44.6 Å². The Bertz CT molecular complexity index is 384. The molecule has 1 aromatic rings. The fraction of sp³-hybridized carbons (Fsp3) is 0.111. The predicted octanol–water partition coefficient (Wildman–Crippen LogP) is -3.58. The zero-order valence-corrected chi connectivity index (χ0v) is 9.65. The molecule has 1 aromatic carbocycles. The summed E-state index contributed by atoms with van der Waals surface area (Å²) in [5.74, 6) is -1.35. The van der Waals surface area contributed by atoms with Crippen LogP contribution in [0.4, 0.5) is 0 Å². The van der Waals surface area contributed by atoms with E-state index in [9.17, 15) is 9.90 Å². The molecule has 0 spiro atoms. The van der Waals surface area contributed by atoms with Crippen LogP contribution in [0.3, 0.4) is 0 Å². The van der Waals surface area contributed by atoms with Crippen LogP contribution in [0.25, 0.3) is 0 Å². The van der Waals surface area contributed by atoms with Crippen molar-refractivity contribution in [2.24, 2.45) is 0 Å². The zero-order chi connectivity index (χ0) is 9.84. The maximum atomic E-state index is 10.5. The van der Waals surface area contributed by atoms with Gasteiger partial charge in [-0.15, -0.1) is 0 Å². The van der Waals surface area contributed by atoms with E-state index in [2.05, 4.69) is 0 Å². The Morgan fingerprint density at radius 3 is 2.64 bits per heavy atom. The third-order valence-electron chi connectivity index (χ3n) is 1.62. The third-order valence-corrected chi connectivity index (χ3v) is 1.62. The fourth-order valence-electron chi connectivity index (χ4n) is 0.993. The quantitative estimate of drug-likeness (QED) is 0.499. The molecule has 0 bridgehead atoms. The summed E-state index contributed by atoms with van der Waals surface area (Å²) in [5.41, 5.74) is 0.426. The molecule has 0 saturated heterocycles. The number of aromatic carboxylic acids is 1. The van der Waals surface area contributed by atoms with E-state index in [1.54, 1.807) is 0 Å². The number of nitrogens with zero attached hydrogens (tertiary/aromatic N) is 1. The van der Waals surface area contributed by atoms with Crippen LogP contribution in [-0.4, -0.2) is 11.1 Å². The van der Waals surface area contributed by atoms with Crippen molar-refractivity contribution in [2.45, 2.75) is 6.61 Å². The first kappa shape index (κ1) is 13.1. The predicted molar refractivity (Wildman–Crippen MR) is 41.4 cm³/mol. The van der Waals surface area contributed by atoms with Gasteiger partial charge < -0.3 is 15.0 Å². The van der Waals surface area contributed by atoms with Crippen molar-refractivity contribution in [3.63, 3.8) is 0 Å². The van der Waals surface area contributed by atoms with E-state index in [1.807, 2.05) is 6.07 Å². The van der Waals surface area contributed by atoms with Crippen LogP contribution >= 0.6 is 0 Å². The van der Waals surface area contributed by atoms with Gasteiger partial charge in [-0.25, -0.2) is 0 Å². The van der Waals surface area contributed by atoms with Gasteiger partial charge in [0.1, 0.15) is 0 Å². The number of aliphatic hydroxyl groups is 1. The number of aliphatic hydroxyl groups excluding tert-OH is 1. The fourth-order valence-corrected chi connectivity index (χ4v) is 0.993. The number of carboxylic acid groups (broad SMARTS) is 1. The van der Waals surface area contributed by atoms with Crippen molar-refractivity contribution in [1.29, 1.82) is 5.26 Å². The summed E-state index contributed by atoms with van der Waals surface area (Å²) in [7, 11) is 0. The molecule has 4 nitrogen and oxygen atoms in total. The van der Waals surface area contributed by atoms with Crippen LogP contribution in [-0.2, 0) is 6.61 Å². The molecule has 14 heavy (non-hydrogen) atoms. The molecule has 1 N–H and O–H groups in total. The van der Waals surface area contributed by atoms with E-state index in [0.717, 1.165) is 0 Å². The van der Waals surface area contributed by atoms with Gasteiger partial charge in [0, 0.05) is 5.56 Å². The molecule has 0 radical (unpaired) electrons. The van der Waals surface area contributed by atoms with Gasteiger partial charge in [-0.1, -0.05) is 6.07 Å². The maximum absolute atomic E-state index is 10.5. The van der Waals surface area contributed by atoms with Crippen molar-refractivity contribution in [3.8, 4) is 6.07 Å². The minimum Gasteiger partial charge on any atom is -0.545 e. The number of carboxylic acids is 1. The summed E-state index contributed by atoms with van der Waals surface area (Å²) in [4.78, 5) is 10.5. The van der Waals surface area contributed by atoms with E-state index >= 15 is 0 Å². The van der Waals surface area contributed by atoms with E-state index in [1.165, 1.54) is 18.2 Å². The molecule has 0 fully saturated rings. The van der Waals surface area contributed by atoms with Crippen molar-refractivity contribution in [2.75, 3.05) is 0 Å². The minimum atomic E-state index is -1.35. The summed E-state index contributed by atoms with van der Waals surface area (Å²) >= 11 is 0. The van der Waals surface area contributed by atoms with Gasteiger partial charge >= 0.3 is 29.6 Å². The minimum absolute atomic E-state index is 0.